The molecular weight excluding hydrogens is 899 g/mol. The van der Waals surface area contributed by atoms with Crippen molar-refractivity contribution in [3.8, 4) is 0 Å². The van der Waals surface area contributed by atoms with Gasteiger partial charge in [-0.1, -0.05) is 231 Å². The van der Waals surface area contributed by atoms with Crippen LogP contribution in [0.3, 0.4) is 0 Å². The van der Waals surface area contributed by atoms with Gasteiger partial charge in [0.2, 0.25) is 0 Å². The van der Waals surface area contributed by atoms with Gasteiger partial charge in [0.15, 0.2) is 0 Å². The first-order valence-electron chi connectivity index (χ1n) is 32.7. The quantitative estimate of drug-likeness (QED) is 0.0372. The summed E-state index contributed by atoms with van der Waals surface area (Å²) >= 11 is 0. The molecule has 0 aliphatic heterocycles. The van der Waals surface area contributed by atoms with Crippen molar-refractivity contribution in [2.24, 2.45) is 0 Å². The zero-order valence-electron chi connectivity index (χ0n) is 50.3. The molecule has 432 valence electrons. The fraction of sp³-hybridized carbons (Fsp3) is 0.910. The van der Waals surface area contributed by atoms with Gasteiger partial charge in [0.1, 0.15) is 0 Å². The van der Waals surface area contributed by atoms with E-state index in [0.29, 0.717) is 38.1 Å². The van der Waals surface area contributed by atoms with Crippen LogP contribution in [-0.2, 0) is 19.1 Å². The Kier molecular flexibility index (Phi) is 55.3. The number of carbonyl (C=O) groups is 2. The molecule has 0 saturated carbocycles. The predicted octanol–water partition coefficient (Wildman–Crippen LogP) is 21.2. The molecule has 0 aliphatic carbocycles. The molecular formula is C67H129NO5. The molecule has 0 fully saturated rings. The smallest absolute Gasteiger partial charge is 0.305 e. The molecule has 6 nitrogen and oxygen atoms in total. The summed E-state index contributed by atoms with van der Waals surface area (Å²) in [7, 11) is 0. The Hall–Kier alpha value is -1.66. The van der Waals surface area contributed by atoms with Crippen LogP contribution in [-0.4, -0.2) is 59.4 Å². The first-order valence-corrected chi connectivity index (χ1v) is 32.7. The number of rotatable bonds is 59. The van der Waals surface area contributed by atoms with Gasteiger partial charge >= 0.3 is 11.9 Å². The summed E-state index contributed by atoms with van der Waals surface area (Å²) in [6.45, 7) is 16.0. The van der Waals surface area contributed by atoms with E-state index in [1.54, 1.807) is 0 Å². The van der Waals surface area contributed by atoms with Crippen molar-refractivity contribution in [3.63, 3.8) is 0 Å². The number of allylic oxidation sites excluding steroid dienone is 4. The zero-order valence-corrected chi connectivity index (χ0v) is 50.3. The maximum atomic E-state index is 12.2. The van der Waals surface area contributed by atoms with Crippen LogP contribution >= 0.6 is 0 Å². The highest BCUT2D eigenvalue weighted by Crippen LogP contribution is 2.29. The molecule has 0 rings (SSSR count). The molecule has 0 heterocycles. The first-order chi connectivity index (χ1) is 35.6. The minimum absolute atomic E-state index is 0.0105. The van der Waals surface area contributed by atoms with Gasteiger partial charge in [-0.05, 0) is 143 Å². The monoisotopic (exact) mass is 1030 g/mol. The van der Waals surface area contributed by atoms with E-state index in [-0.39, 0.29) is 11.9 Å². The molecule has 6 heteroatoms. The Morgan fingerprint density at radius 1 is 0.370 bits per heavy atom. The largest absolute Gasteiger partial charge is 0.466 e. The lowest BCUT2D eigenvalue weighted by Gasteiger charge is -2.32. The van der Waals surface area contributed by atoms with Gasteiger partial charge in [-0.25, -0.2) is 0 Å². The lowest BCUT2D eigenvalue weighted by atomic mass is 9.85. The van der Waals surface area contributed by atoms with Gasteiger partial charge in [0, 0.05) is 24.9 Å². The molecule has 0 aliphatic rings. The van der Waals surface area contributed by atoms with Crippen molar-refractivity contribution in [2.45, 2.75) is 374 Å². The molecule has 73 heavy (non-hydrogen) atoms. The van der Waals surface area contributed by atoms with Crippen molar-refractivity contribution < 1.29 is 24.2 Å². The summed E-state index contributed by atoms with van der Waals surface area (Å²) in [4.78, 5) is 27.0. The number of unbranched alkanes of at least 4 members (excludes halogenated alkanes) is 37. The van der Waals surface area contributed by atoms with Crippen molar-refractivity contribution in [1.29, 1.82) is 0 Å². The molecule has 0 bridgehead atoms. The summed E-state index contributed by atoms with van der Waals surface area (Å²) in [6.07, 6.45) is 67.7. The number of hydrogen-bond donors (Lipinski definition) is 1. The summed E-state index contributed by atoms with van der Waals surface area (Å²) in [6, 6.07) is 1.12. The first kappa shape index (κ1) is 71.3. The van der Waals surface area contributed by atoms with Crippen LogP contribution in [0.5, 0.6) is 0 Å². The standard InChI is InChI=1S/C67H129NO5/c1-7-9-11-13-15-17-19-21-23-25-27-29-35-41-47-55-65(69)72-61-53-45-39-33-31-37-43-49-57-67(71,59-51-52-60-68(63(3)4)64(5)6)58-50-44-38-32-34-40-46-54-62-73-66(70)56-48-42-36-30-28-26-24-22-20-18-16-14-12-10-8-2/h21-24,63-64,71H,7-20,25-62H2,1-6H3/b23-21-,24-22-. The highest BCUT2D eigenvalue weighted by Gasteiger charge is 2.25. The fourth-order valence-corrected chi connectivity index (χ4v) is 10.7. The van der Waals surface area contributed by atoms with Crippen LogP contribution in [0.1, 0.15) is 356 Å². The molecule has 0 radical (unpaired) electrons. The van der Waals surface area contributed by atoms with Gasteiger partial charge in [-0.15, -0.1) is 0 Å². The number of aliphatic hydroxyl groups is 1. The van der Waals surface area contributed by atoms with Crippen LogP contribution in [0.2, 0.25) is 0 Å². The Bertz CT molecular complexity index is 1110. The SMILES string of the molecule is CCCCCCCC/C=C\CCCCCCCC(=O)OCCCCCCCCCCC(O)(CCCCCCCCCCOC(=O)CCCCCCC/C=C\CCCCCCCC)CCCCN(C(C)C)C(C)C. The van der Waals surface area contributed by atoms with Crippen LogP contribution in [0.15, 0.2) is 24.3 Å². The lowest BCUT2D eigenvalue weighted by Crippen LogP contribution is -2.38. The third-order valence-corrected chi connectivity index (χ3v) is 15.5. The maximum absolute atomic E-state index is 12.2. The van der Waals surface area contributed by atoms with Crippen LogP contribution < -0.4 is 0 Å². The fourth-order valence-electron chi connectivity index (χ4n) is 10.7. The molecule has 0 aromatic carbocycles. The molecule has 0 aromatic rings. The maximum Gasteiger partial charge on any atom is 0.305 e. The predicted molar refractivity (Wildman–Crippen MR) is 320 cm³/mol. The topological polar surface area (TPSA) is 76.1 Å². The second-order valence-electron chi connectivity index (χ2n) is 23.4. The van der Waals surface area contributed by atoms with Crippen LogP contribution in [0, 0.1) is 0 Å². The minimum atomic E-state index is -0.524. The third kappa shape index (κ3) is 53.5. The minimum Gasteiger partial charge on any atom is -0.466 e. The molecule has 0 amide bonds. The van der Waals surface area contributed by atoms with Crippen molar-refractivity contribution in [2.75, 3.05) is 19.8 Å². The second kappa shape index (κ2) is 56.5. The van der Waals surface area contributed by atoms with E-state index in [1.807, 2.05) is 0 Å². The van der Waals surface area contributed by atoms with E-state index in [0.717, 1.165) is 103 Å². The van der Waals surface area contributed by atoms with Crippen molar-refractivity contribution >= 4 is 11.9 Å². The molecule has 0 aromatic heterocycles. The highest BCUT2D eigenvalue weighted by atomic mass is 16.5. The lowest BCUT2D eigenvalue weighted by molar-refractivity contribution is -0.144. The van der Waals surface area contributed by atoms with Gasteiger partial charge in [-0.3, -0.25) is 14.5 Å². The summed E-state index contributed by atoms with van der Waals surface area (Å²) in [5.41, 5.74) is -0.524. The Morgan fingerprint density at radius 3 is 0.945 bits per heavy atom. The Balaban J connectivity index is 4.03. The van der Waals surface area contributed by atoms with E-state index < -0.39 is 5.60 Å². The van der Waals surface area contributed by atoms with Crippen molar-refractivity contribution in [1.82, 2.24) is 4.90 Å². The molecule has 1 N–H and O–H groups in total. The molecule has 0 unspecified atom stereocenters. The van der Waals surface area contributed by atoms with E-state index >= 15 is 0 Å². The average molecular weight is 1030 g/mol. The van der Waals surface area contributed by atoms with Crippen LogP contribution in [0.25, 0.3) is 0 Å². The molecule has 0 atom stereocenters. The summed E-state index contributed by atoms with van der Waals surface area (Å²) in [5.74, 6) is -0.0209. The highest BCUT2D eigenvalue weighted by molar-refractivity contribution is 5.69. The van der Waals surface area contributed by atoms with Gasteiger partial charge in [-0.2, -0.15) is 0 Å². The van der Waals surface area contributed by atoms with Gasteiger partial charge in [0.05, 0.1) is 18.8 Å². The summed E-state index contributed by atoms with van der Waals surface area (Å²) < 4.78 is 11.1. The number of esters is 2. The number of nitrogens with zero attached hydrogens (tertiary/aromatic N) is 1. The average Bonchev–Trinajstić information content (AvgIpc) is 3.36. The molecule has 0 spiro atoms. The second-order valence-corrected chi connectivity index (χ2v) is 23.4. The summed E-state index contributed by atoms with van der Waals surface area (Å²) in [5, 5.41) is 11.9. The van der Waals surface area contributed by atoms with E-state index in [2.05, 4.69) is 70.7 Å². The van der Waals surface area contributed by atoms with Gasteiger partial charge in [0.25, 0.3) is 0 Å². The molecule has 0 saturated heterocycles. The van der Waals surface area contributed by atoms with Crippen molar-refractivity contribution in [3.05, 3.63) is 24.3 Å². The Morgan fingerprint density at radius 2 is 0.630 bits per heavy atom. The number of hydrogen-bond acceptors (Lipinski definition) is 6. The third-order valence-electron chi connectivity index (χ3n) is 15.5. The van der Waals surface area contributed by atoms with E-state index in [9.17, 15) is 14.7 Å². The Labute approximate surface area is 457 Å². The zero-order chi connectivity index (χ0) is 53.4. The van der Waals surface area contributed by atoms with Gasteiger partial charge < -0.3 is 14.6 Å². The number of ether oxygens (including phenoxy) is 2. The van der Waals surface area contributed by atoms with E-state index in [1.165, 1.54) is 205 Å². The number of carbonyl (C=O) groups excluding carboxylic acids is 2. The van der Waals surface area contributed by atoms with Crippen LogP contribution in [0.4, 0.5) is 0 Å². The normalized spacial score (nSPS) is 12.2. The van der Waals surface area contributed by atoms with E-state index in [4.69, 9.17) is 9.47 Å².